The predicted octanol–water partition coefficient (Wildman–Crippen LogP) is 2.70. The molecule has 2 N–H and O–H groups in total. The second kappa shape index (κ2) is 6.41. The summed E-state index contributed by atoms with van der Waals surface area (Å²) in [6.45, 7) is 0. The van der Waals surface area contributed by atoms with E-state index in [1.807, 2.05) is 6.07 Å². The first kappa shape index (κ1) is 16.4. The molecule has 1 aromatic rings. The van der Waals surface area contributed by atoms with E-state index < -0.39 is 23.5 Å². The molecule has 1 fully saturated rings. The SMILES string of the molecule is N#CCCC(NC(=O)C(F)(F)C1(O)CCC1)c1ccccc1. The molecule has 0 radical (unpaired) electrons. The number of nitriles is 1. The van der Waals surface area contributed by atoms with Crippen LogP contribution in [0, 0.1) is 11.3 Å². The number of amides is 1. The smallest absolute Gasteiger partial charge is 0.352 e. The Labute approximate surface area is 127 Å². The molecule has 1 aromatic carbocycles. The summed E-state index contributed by atoms with van der Waals surface area (Å²) in [5, 5.41) is 20.8. The van der Waals surface area contributed by atoms with Gasteiger partial charge in [0.2, 0.25) is 0 Å². The van der Waals surface area contributed by atoms with Gasteiger partial charge >= 0.3 is 5.92 Å². The fourth-order valence-electron chi connectivity index (χ4n) is 2.50. The molecule has 0 aromatic heterocycles. The lowest BCUT2D eigenvalue weighted by molar-refractivity contribution is -0.216. The minimum atomic E-state index is -3.83. The highest BCUT2D eigenvalue weighted by atomic mass is 19.3. The monoisotopic (exact) mass is 308 g/mol. The van der Waals surface area contributed by atoms with Gasteiger partial charge in [0.1, 0.15) is 5.60 Å². The van der Waals surface area contributed by atoms with Gasteiger partial charge in [-0.1, -0.05) is 30.3 Å². The van der Waals surface area contributed by atoms with Crippen LogP contribution in [0.25, 0.3) is 0 Å². The van der Waals surface area contributed by atoms with Gasteiger partial charge < -0.3 is 10.4 Å². The summed E-state index contributed by atoms with van der Waals surface area (Å²) >= 11 is 0. The molecule has 4 nitrogen and oxygen atoms in total. The zero-order valence-electron chi connectivity index (χ0n) is 12.1. The van der Waals surface area contributed by atoms with E-state index >= 15 is 0 Å². The number of halogens is 2. The maximum atomic E-state index is 14.1. The van der Waals surface area contributed by atoms with Crippen LogP contribution in [0.5, 0.6) is 0 Å². The van der Waals surface area contributed by atoms with Gasteiger partial charge in [0.25, 0.3) is 5.91 Å². The van der Waals surface area contributed by atoms with Crippen molar-refractivity contribution in [1.29, 1.82) is 5.26 Å². The van der Waals surface area contributed by atoms with Crippen LogP contribution < -0.4 is 5.32 Å². The Morgan fingerprint density at radius 1 is 1.41 bits per heavy atom. The molecule has 22 heavy (non-hydrogen) atoms. The van der Waals surface area contributed by atoms with Gasteiger partial charge in [0.05, 0.1) is 12.1 Å². The normalized spacial score (nSPS) is 17.9. The number of carbonyl (C=O) groups is 1. The predicted molar refractivity (Wildman–Crippen MR) is 75.9 cm³/mol. The Balaban J connectivity index is 2.13. The van der Waals surface area contributed by atoms with E-state index in [-0.39, 0.29) is 25.7 Å². The molecule has 1 aliphatic carbocycles. The number of carbonyl (C=O) groups excluding carboxylic acids is 1. The van der Waals surface area contributed by atoms with Gasteiger partial charge in [-0.3, -0.25) is 4.79 Å². The van der Waals surface area contributed by atoms with E-state index in [0.717, 1.165) is 0 Å². The molecule has 1 aliphatic rings. The van der Waals surface area contributed by atoms with Crippen molar-refractivity contribution < 1.29 is 18.7 Å². The van der Waals surface area contributed by atoms with E-state index in [0.29, 0.717) is 12.0 Å². The Morgan fingerprint density at radius 2 is 2.05 bits per heavy atom. The average Bonchev–Trinajstić information content (AvgIpc) is 2.49. The third-order valence-corrected chi connectivity index (χ3v) is 4.10. The molecule has 0 heterocycles. The van der Waals surface area contributed by atoms with Crippen molar-refractivity contribution >= 4 is 5.91 Å². The Bertz CT molecular complexity index is 565. The number of rotatable bonds is 6. The second-order valence-corrected chi connectivity index (χ2v) is 5.59. The first-order valence-corrected chi connectivity index (χ1v) is 7.24. The zero-order chi connectivity index (χ0) is 16.2. The number of nitrogens with one attached hydrogen (secondary N) is 1. The van der Waals surface area contributed by atoms with Gasteiger partial charge in [-0.2, -0.15) is 14.0 Å². The van der Waals surface area contributed by atoms with Crippen molar-refractivity contribution in [1.82, 2.24) is 5.32 Å². The standard InChI is InChI=1S/C16H18F2N2O2/c17-16(18,15(22)9-5-10-15)14(21)20-13(8-4-11-19)12-6-2-1-3-7-12/h1-3,6-7,13,22H,4-5,8-10H2,(H,20,21). The van der Waals surface area contributed by atoms with Crippen molar-refractivity contribution in [3.63, 3.8) is 0 Å². The fourth-order valence-corrected chi connectivity index (χ4v) is 2.50. The number of aliphatic hydroxyl groups is 1. The zero-order valence-corrected chi connectivity index (χ0v) is 12.1. The molecule has 6 heteroatoms. The molecule has 1 amide bonds. The highest BCUT2D eigenvalue weighted by molar-refractivity contribution is 5.85. The minimum Gasteiger partial charge on any atom is -0.383 e. The number of nitrogens with zero attached hydrogens (tertiary/aromatic N) is 1. The van der Waals surface area contributed by atoms with Crippen LogP contribution >= 0.6 is 0 Å². The summed E-state index contributed by atoms with van der Waals surface area (Å²) in [5.41, 5.74) is -1.59. The van der Waals surface area contributed by atoms with Crippen LogP contribution in [0.1, 0.15) is 43.7 Å². The number of benzene rings is 1. The van der Waals surface area contributed by atoms with E-state index in [1.54, 1.807) is 30.3 Å². The summed E-state index contributed by atoms with van der Waals surface area (Å²) in [6.07, 6.45) is 0.690. The summed E-state index contributed by atoms with van der Waals surface area (Å²) in [6, 6.07) is 9.93. The number of hydrogen-bond acceptors (Lipinski definition) is 3. The van der Waals surface area contributed by atoms with Crippen molar-refractivity contribution in [3.8, 4) is 6.07 Å². The molecule has 1 atom stereocenters. The molecule has 1 saturated carbocycles. The molecular formula is C16H18F2N2O2. The molecule has 1 unspecified atom stereocenters. The van der Waals surface area contributed by atoms with Gasteiger partial charge in [0, 0.05) is 6.42 Å². The van der Waals surface area contributed by atoms with Crippen LogP contribution in [-0.4, -0.2) is 22.5 Å². The summed E-state index contributed by atoms with van der Waals surface area (Å²) < 4.78 is 28.2. The number of hydrogen-bond donors (Lipinski definition) is 2. The summed E-state index contributed by atoms with van der Waals surface area (Å²) in [7, 11) is 0. The highest BCUT2D eigenvalue weighted by Crippen LogP contribution is 2.44. The fraction of sp³-hybridized carbons (Fsp3) is 0.500. The second-order valence-electron chi connectivity index (χ2n) is 5.59. The van der Waals surface area contributed by atoms with Crippen molar-refractivity contribution in [2.75, 3.05) is 0 Å². The topological polar surface area (TPSA) is 73.1 Å². The van der Waals surface area contributed by atoms with E-state index in [1.165, 1.54) is 0 Å². The molecule has 0 saturated heterocycles. The van der Waals surface area contributed by atoms with Gasteiger partial charge in [0.15, 0.2) is 0 Å². The first-order valence-electron chi connectivity index (χ1n) is 7.24. The molecule has 2 rings (SSSR count). The van der Waals surface area contributed by atoms with E-state index in [4.69, 9.17) is 5.26 Å². The first-order chi connectivity index (χ1) is 10.4. The lowest BCUT2D eigenvalue weighted by Gasteiger charge is -2.41. The average molecular weight is 308 g/mol. The summed E-state index contributed by atoms with van der Waals surface area (Å²) in [4.78, 5) is 11.9. The van der Waals surface area contributed by atoms with Crippen molar-refractivity contribution in [2.45, 2.75) is 49.7 Å². The van der Waals surface area contributed by atoms with Crippen LogP contribution in [0.4, 0.5) is 8.78 Å². The molecule has 0 spiro atoms. The molecule has 0 bridgehead atoms. The van der Waals surface area contributed by atoms with Crippen molar-refractivity contribution in [3.05, 3.63) is 35.9 Å². The van der Waals surface area contributed by atoms with E-state index in [2.05, 4.69) is 5.32 Å². The third-order valence-electron chi connectivity index (χ3n) is 4.10. The molecular weight excluding hydrogens is 290 g/mol. The minimum absolute atomic E-state index is 0.0817. The molecule has 118 valence electrons. The van der Waals surface area contributed by atoms with Crippen LogP contribution in [-0.2, 0) is 4.79 Å². The van der Waals surface area contributed by atoms with Gasteiger partial charge in [-0.15, -0.1) is 0 Å². The maximum absolute atomic E-state index is 14.1. The van der Waals surface area contributed by atoms with Crippen molar-refractivity contribution in [2.24, 2.45) is 0 Å². The van der Waals surface area contributed by atoms with Crippen LogP contribution in [0.3, 0.4) is 0 Å². The quantitative estimate of drug-likeness (QED) is 0.848. The maximum Gasteiger partial charge on any atom is 0.352 e. The lowest BCUT2D eigenvalue weighted by atomic mass is 9.75. The summed E-state index contributed by atoms with van der Waals surface area (Å²) in [5.74, 6) is -5.31. The number of alkyl halides is 2. The Hall–Kier alpha value is -2.00. The molecule has 0 aliphatic heterocycles. The van der Waals surface area contributed by atoms with Gasteiger partial charge in [-0.05, 0) is 31.2 Å². The lowest BCUT2D eigenvalue weighted by Crippen LogP contribution is -2.60. The van der Waals surface area contributed by atoms with E-state index in [9.17, 15) is 18.7 Å². The van der Waals surface area contributed by atoms with Gasteiger partial charge in [-0.25, -0.2) is 0 Å². The highest BCUT2D eigenvalue weighted by Gasteiger charge is 2.61. The Morgan fingerprint density at radius 3 is 2.55 bits per heavy atom. The van der Waals surface area contributed by atoms with Crippen LogP contribution in [0.15, 0.2) is 30.3 Å². The largest absolute Gasteiger partial charge is 0.383 e. The third kappa shape index (κ3) is 3.09. The Kier molecular flexibility index (Phi) is 4.77. The van der Waals surface area contributed by atoms with Crippen LogP contribution in [0.2, 0.25) is 0 Å².